The highest BCUT2D eigenvalue weighted by Gasteiger charge is 2.21. The van der Waals surface area contributed by atoms with Crippen LogP contribution in [0, 0.1) is 11.3 Å². The molecule has 0 aromatic carbocycles. The lowest BCUT2D eigenvalue weighted by atomic mass is 10.0. The maximum absolute atomic E-state index is 9.55. The second-order valence-electron chi connectivity index (χ2n) is 4.33. The van der Waals surface area contributed by atoms with Gasteiger partial charge in [0.05, 0.1) is 27.7 Å². The largest absolute Gasteiger partial charge is 0.259 e. The van der Waals surface area contributed by atoms with Gasteiger partial charge in [0.15, 0.2) is 0 Å². The first-order valence-corrected chi connectivity index (χ1v) is 7.26. The van der Waals surface area contributed by atoms with Crippen molar-refractivity contribution in [3.63, 3.8) is 0 Å². The first kappa shape index (κ1) is 12.7. The highest BCUT2D eigenvalue weighted by molar-refractivity contribution is 7.17. The Morgan fingerprint density at radius 1 is 1.30 bits per heavy atom. The van der Waals surface area contributed by atoms with E-state index in [0.717, 1.165) is 33.8 Å². The Labute approximate surface area is 120 Å². The molecule has 0 aliphatic rings. The number of nitriles is 1. The number of pyridine rings is 1. The van der Waals surface area contributed by atoms with E-state index in [1.54, 1.807) is 17.5 Å². The number of hydrogen-bond donors (Lipinski definition) is 0. The average molecular weight is 280 g/mol. The zero-order valence-electron chi connectivity index (χ0n) is 10.9. The van der Waals surface area contributed by atoms with Crippen LogP contribution in [0.1, 0.15) is 30.1 Å². The van der Waals surface area contributed by atoms with Crippen molar-refractivity contribution in [2.45, 2.75) is 19.3 Å². The molecule has 3 aromatic rings. The first-order chi connectivity index (χ1) is 9.83. The molecule has 4 nitrogen and oxygen atoms in total. The second kappa shape index (κ2) is 5.35. The summed E-state index contributed by atoms with van der Waals surface area (Å²) in [5.41, 5.74) is 2.40. The monoisotopic (exact) mass is 280 g/mol. The molecular formula is C15H12N4S. The van der Waals surface area contributed by atoms with Crippen molar-refractivity contribution in [1.82, 2.24) is 15.0 Å². The number of rotatable bonds is 3. The minimum Gasteiger partial charge on any atom is -0.259 e. The number of thiophene rings is 1. The van der Waals surface area contributed by atoms with Gasteiger partial charge >= 0.3 is 0 Å². The van der Waals surface area contributed by atoms with Gasteiger partial charge in [0.2, 0.25) is 0 Å². The zero-order valence-corrected chi connectivity index (χ0v) is 11.8. The van der Waals surface area contributed by atoms with E-state index < -0.39 is 5.92 Å². The van der Waals surface area contributed by atoms with Crippen LogP contribution in [0.15, 0.2) is 35.8 Å². The van der Waals surface area contributed by atoms with Crippen molar-refractivity contribution in [3.05, 3.63) is 53.1 Å². The molecule has 1 unspecified atom stereocenters. The lowest BCUT2D eigenvalue weighted by Gasteiger charge is -2.10. The summed E-state index contributed by atoms with van der Waals surface area (Å²) in [7, 11) is 0. The van der Waals surface area contributed by atoms with Crippen LogP contribution in [0.4, 0.5) is 0 Å². The van der Waals surface area contributed by atoms with Crippen LogP contribution in [0.3, 0.4) is 0 Å². The Hall–Kier alpha value is -2.32. The third kappa shape index (κ3) is 2.15. The maximum Gasteiger partial charge on any atom is 0.132 e. The van der Waals surface area contributed by atoms with Gasteiger partial charge in [-0.1, -0.05) is 13.0 Å². The number of fused-ring (bicyclic) bond motifs is 1. The van der Waals surface area contributed by atoms with Gasteiger partial charge in [0.1, 0.15) is 11.7 Å². The topological polar surface area (TPSA) is 62.5 Å². The van der Waals surface area contributed by atoms with E-state index in [4.69, 9.17) is 0 Å². The maximum atomic E-state index is 9.55. The molecule has 0 spiro atoms. The summed E-state index contributed by atoms with van der Waals surface area (Å²) in [5.74, 6) is 0.313. The van der Waals surface area contributed by atoms with E-state index in [1.807, 2.05) is 36.6 Å². The van der Waals surface area contributed by atoms with Gasteiger partial charge in [-0.05, 0) is 23.6 Å². The number of nitrogens with zero attached hydrogens (tertiary/aromatic N) is 4. The Kier molecular flexibility index (Phi) is 3.40. The molecule has 98 valence electrons. The predicted molar refractivity (Wildman–Crippen MR) is 78.5 cm³/mol. The molecule has 0 saturated carbocycles. The van der Waals surface area contributed by atoms with Crippen molar-refractivity contribution in [2.24, 2.45) is 0 Å². The fraction of sp³-hybridized carbons (Fsp3) is 0.200. The normalized spacial score (nSPS) is 12.2. The fourth-order valence-corrected chi connectivity index (χ4v) is 2.96. The minimum atomic E-state index is -0.453. The zero-order chi connectivity index (χ0) is 13.9. The fourth-order valence-electron chi connectivity index (χ4n) is 2.10. The number of hydrogen-bond acceptors (Lipinski definition) is 5. The van der Waals surface area contributed by atoms with Gasteiger partial charge in [0, 0.05) is 12.6 Å². The lowest BCUT2D eigenvalue weighted by molar-refractivity contribution is 0.873. The molecule has 0 radical (unpaired) electrons. The Balaban J connectivity index is 2.22. The smallest absolute Gasteiger partial charge is 0.132 e. The second-order valence-corrected chi connectivity index (χ2v) is 5.25. The standard InChI is InChI=1S/C15H12N4S/c1-2-13-18-12-6-8-20-15(12)14(19-13)10(9-16)11-5-3-4-7-17-11/h3-8,10H,2H2,1H3. The van der Waals surface area contributed by atoms with E-state index >= 15 is 0 Å². The molecule has 0 amide bonds. The minimum absolute atomic E-state index is 0.453. The summed E-state index contributed by atoms with van der Waals surface area (Å²) >= 11 is 1.57. The van der Waals surface area contributed by atoms with Crippen molar-refractivity contribution >= 4 is 21.6 Å². The van der Waals surface area contributed by atoms with Gasteiger partial charge in [-0.2, -0.15) is 5.26 Å². The van der Waals surface area contributed by atoms with Crippen LogP contribution >= 0.6 is 11.3 Å². The van der Waals surface area contributed by atoms with Crippen LogP contribution in [-0.2, 0) is 6.42 Å². The van der Waals surface area contributed by atoms with Crippen molar-refractivity contribution in [3.8, 4) is 6.07 Å². The molecule has 0 fully saturated rings. The number of aryl methyl sites for hydroxylation is 1. The first-order valence-electron chi connectivity index (χ1n) is 6.38. The average Bonchev–Trinajstić information content (AvgIpc) is 2.97. The van der Waals surface area contributed by atoms with Gasteiger partial charge in [-0.15, -0.1) is 11.3 Å². The Morgan fingerprint density at radius 3 is 2.90 bits per heavy atom. The van der Waals surface area contributed by atoms with Gasteiger partial charge < -0.3 is 0 Å². The molecule has 3 aromatic heterocycles. The molecule has 20 heavy (non-hydrogen) atoms. The van der Waals surface area contributed by atoms with Crippen molar-refractivity contribution in [2.75, 3.05) is 0 Å². The summed E-state index contributed by atoms with van der Waals surface area (Å²) in [6, 6.07) is 9.89. The third-order valence-corrected chi connectivity index (χ3v) is 4.00. The van der Waals surface area contributed by atoms with Crippen LogP contribution < -0.4 is 0 Å². The molecule has 0 aliphatic carbocycles. The molecule has 0 N–H and O–H groups in total. The Morgan fingerprint density at radius 2 is 2.20 bits per heavy atom. The Bertz CT molecular complexity index is 773. The van der Waals surface area contributed by atoms with E-state index in [-0.39, 0.29) is 0 Å². The van der Waals surface area contributed by atoms with Gasteiger partial charge in [-0.3, -0.25) is 4.98 Å². The molecule has 1 atom stereocenters. The predicted octanol–water partition coefficient (Wildman–Crippen LogP) is 3.30. The van der Waals surface area contributed by atoms with E-state index in [1.165, 1.54) is 0 Å². The van der Waals surface area contributed by atoms with E-state index in [0.29, 0.717) is 0 Å². The molecule has 3 heterocycles. The number of aromatic nitrogens is 3. The van der Waals surface area contributed by atoms with E-state index in [9.17, 15) is 5.26 Å². The van der Waals surface area contributed by atoms with Crippen LogP contribution in [0.5, 0.6) is 0 Å². The van der Waals surface area contributed by atoms with Crippen molar-refractivity contribution in [1.29, 1.82) is 5.26 Å². The molecule has 0 bridgehead atoms. The quantitative estimate of drug-likeness (QED) is 0.738. The summed E-state index contributed by atoms with van der Waals surface area (Å²) in [5, 5.41) is 11.5. The summed E-state index contributed by atoms with van der Waals surface area (Å²) < 4.78 is 0.972. The molecule has 3 rings (SSSR count). The van der Waals surface area contributed by atoms with Crippen LogP contribution in [0.2, 0.25) is 0 Å². The SMILES string of the molecule is CCc1nc(C(C#N)c2ccccn2)c2sccc2n1. The highest BCUT2D eigenvalue weighted by atomic mass is 32.1. The molecule has 0 saturated heterocycles. The third-order valence-electron chi connectivity index (χ3n) is 3.08. The van der Waals surface area contributed by atoms with Gasteiger partial charge in [0.25, 0.3) is 0 Å². The van der Waals surface area contributed by atoms with Crippen LogP contribution in [-0.4, -0.2) is 15.0 Å². The van der Waals surface area contributed by atoms with Crippen LogP contribution in [0.25, 0.3) is 10.2 Å². The highest BCUT2D eigenvalue weighted by Crippen LogP contribution is 2.30. The summed E-state index contributed by atoms with van der Waals surface area (Å²) in [6.07, 6.45) is 2.45. The molecule has 5 heteroatoms. The van der Waals surface area contributed by atoms with E-state index in [2.05, 4.69) is 21.0 Å². The molecular weight excluding hydrogens is 268 g/mol. The molecule has 0 aliphatic heterocycles. The lowest BCUT2D eigenvalue weighted by Crippen LogP contribution is -2.06. The van der Waals surface area contributed by atoms with Gasteiger partial charge in [-0.25, -0.2) is 9.97 Å². The summed E-state index contributed by atoms with van der Waals surface area (Å²) in [6.45, 7) is 2.01. The summed E-state index contributed by atoms with van der Waals surface area (Å²) in [4.78, 5) is 13.4. The van der Waals surface area contributed by atoms with Crippen molar-refractivity contribution < 1.29 is 0 Å².